The number of sulfonamides is 1. The van der Waals surface area contributed by atoms with E-state index < -0.39 is 10.0 Å². The van der Waals surface area contributed by atoms with E-state index in [2.05, 4.69) is 5.32 Å². The summed E-state index contributed by atoms with van der Waals surface area (Å²) in [6, 6.07) is 6.80. The Bertz CT molecular complexity index is 601. The van der Waals surface area contributed by atoms with Gasteiger partial charge in [-0.1, -0.05) is 31.5 Å². The smallest absolute Gasteiger partial charge is 0.214 e. The van der Waals surface area contributed by atoms with Gasteiger partial charge in [-0.3, -0.25) is 0 Å². The van der Waals surface area contributed by atoms with E-state index in [9.17, 15) is 12.8 Å². The molecule has 0 saturated carbocycles. The Balaban J connectivity index is 2.01. The molecule has 0 radical (unpaired) electrons. The highest BCUT2D eigenvalue weighted by Crippen LogP contribution is 2.19. The molecule has 0 aliphatic carbocycles. The number of benzene rings is 1. The summed E-state index contributed by atoms with van der Waals surface area (Å²) in [6.45, 7) is 4.20. The number of nitrogens with zero attached hydrogens (tertiary/aromatic N) is 1. The van der Waals surface area contributed by atoms with Crippen LogP contribution in [-0.4, -0.2) is 44.2 Å². The van der Waals surface area contributed by atoms with Gasteiger partial charge in [0, 0.05) is 12.6 Å². The number of piperidine rings is 1. The SMILES string of the molecule is CCCCS(=O)(=O)N(CCCc1ccccc1F)C1CCNCC1. The highest BCUT2D eigenvalue weighted by Gasteiger charge is 2.30. The maximum absolute atomic E-state index is 13.7. The van der Waals surface area contributed by atoms with Crippen molar-refractivity contribution in [2.45, 2.75) is 51.5 Å². The molecule has 0 unspecified atom stereocenters. The second-order valence-electron chi connectivity index (χ2n) is 6.46. The molecule has 0 bridgehead atoms. The lowest BCUT2D eigenvalue weighted by atomic mass is 10.1. The monoisotopic (exact) mass is 356 g/mol. The molecule has 0 amide bonds. The lowest BCUT2D eigenvalue weighted by molar-refractivity contribution is 0.259. The molecule has 0 atom stereocenters. The summed E-state index contributed by atoms with van der Waals surface area (Å²) in [5.74, 6) is 0.00684. The summed E-state index contributed by atoms with van der Waals surface area (Å²) in [6.07, 6.45) is 4.48. The number of unbranched alkanes of at least 4 members (excludes halogenated alkanes) is 1. The van der Waals surface area contributed by atoms with Crippen molar-refractivity contribution in [3.8, 4) is 0 Å². The summed E-state index contributed by atoms with van der Waals surface area (Å²) in [5.41, 5.74) is 0.661. The lowest BCUT2D eigenvalue weighted by Crippen LogP contribution is -2.47. The summed E-state index contributed by atoms with van der Waals surface area (Å²) >= 11 is 0. The van der Waals surface area contributed by atoms with Crippen LogP contribution in [0.4, 0.5) is 4.39 Å². The minimum absolute atomic E-state index is 0.0775. The molecule has 1 saturated heterocycles. The third kappa shape index (κ3) is 5.53. The van der Waals surface area contributed by atoms with E-state index in [1.54, 1.807) is 16.4 Å². The first-order valence-electron chi connectivity index (χ1n) is 8.98. The summed E-state index contributed by atoms with van der Waals surface area (Å²) in [7, 11) is -3.24. The van der Waals surface area contributed by atoms with Gasteiger partial charge in [0.1, 0.15) is 5.82 Å². The van der Waals surface area contributed by atoms with Crippen LogP contribution in [0.15, 0.2) is 24.3 Å². The van der Waals surface area contributed by atoms with Gasteiger partial charge in [0.25, 0.3) is 0 Å². The summed E-state index contributed by atoms with van der Waals surface area (Å²) < 4.78 is 40.9. The van der Waals surface area contributed by atoms with E-state index in [0.29, 0.717) is 31.4 Å². The summed E-state index contributed by atoms with van der Waals surface area (Å²) in [4.78, 5) is 0. The van der Waals surface area contributed by atoms with Gasteiger partial charge < -0.3 is 5.32 Å². The number of aryl methyl sites for hydroxylation is 1. The molecule has 1 N–H and O–H groups in total. The molecule has 2 rings (SSSR count). The van der Waals surface area contributed by atoms with Crippen LogP contribution >= 0.6 is 0 Å². The van der Waals surface area contributed by atoms with Gasteiger partial charge in [-0.05, 0) is 56.8 Å². The zero-order valence-corrected chi connectivity index (χ0v) is 15.3. The fourth-order valence-electron chi connectivity index (χ4n) is 3.21. The van der Waals surface area contributed by atoms with Crippen molar-refractivity contribution in [1.29, 1.82) is 0 Å². The van der Waals surface area contributed by atoms with Crippen molar-refractivity contribution in [2.75, 3.05) is 25.4 Å². The van der Waals surface area contributed by atoms with Crippen LogP contribution in [0.2, 0.25) is 0 Å². The first-order valence-corrected chi connectivity index (χ1v) is 10.6. The summed E-state index contributed by atoms with van der Waals surface area (Å²) in [5, 5.41) is 3.28. The van der Waals surface area contributed by atoms with Crippen LogP contribution in [-0.2, 0) is 16.4 Å². The standard InChI is InChI=1S/C18H29FN2O2S/c1-2-3-15-24(22,23)21(17-10-12-20-13-11-17)14-6-8-16-7-4-5-9-18(16)19/h4-5,7,9,17,20H,2-3,6,8,10-15H2,1H3. The molecule has 1 aromatic rings. The largest absolute Gasteiger partial charge is 0.317 e. The topological polar surface area (TPSA) is 49.4 Å². The van der Waals surface area contributed by atoms with Crippen molar-refractivity contribution in [3.63, 3.8) is 0 Å². The molecule has 136 valence electrons. The molecule has 4 nitrogen and oxygen atoms in total. The quantitative estimate of drug-likeness (QED) is 0.740. The van der Waals surface area contributed by atoms with E-state index in [1.165, 1.54) is 6.07 Å². The Labute approximate surface area is 145 Å². The number of halogens is 1. The first-order chi connectivity index (χ1) is 11.5. The first kappa shape index (κ1) is 19.3. The van der Waals surface area contributed by atoms with Crippen LogP contribution in [0.5, 0.6) is 0 Å². The van der Waals surface area contributed by atoms with Crippen LogP contribution in [0.25, 0.3) is 0 Å². The Morgan fingerprint density at radius 3 is 2.58 bits per heavy atom. The molecule has 0 spiro atoms. The van der Waals surface area contributed by atoms with Crippen molar-refractivity contribution < 1.29 is 12.8 Å². The van der Waals surface area contributed by atoms with E-state index in [4.69, 9.17) is 0 Å². The number of hydrogen-bond donors (Lipinski definition) is 1. The fourth-order valence-corrected chi connectivity index (χ4v) is 5.17. The molecule has 0 aromatic heterocycles. The van der Waals surface area contributed by atoms with Gasteiger partial charge in [0.2, 0.25) is 10.0 Å². The molecular weight excluding hydrogens is 327 g/mol. The van der Waals surface area contributed by atoms with Crippen LogP contribution in [0.3, 0.4) is 0 Å². The predicted octanol–water partition coefficient (Wildman–Crippen LogP) is 2.94. The van der Waals surface area contributed by atoms with Gasteiger partial charge in [-0.15, -0.1) is 0 Å². The van der Waals surface area contributed by atoms with E-state index in [0.717, 1.165) is 32.4 Å². The van der Waals surface area contributed by atoms with Gasteiger partial charge in [-0.2, -0.15) is 4.31 Å². The van der Waals surface area contributed by atoms with E-state index in [1.807, 2.05) is 13.0 Å². The minimum atomic E-state index is -3.24. The fraction of sp³-hybridized carbons (Fsp3) is 0.667. The molecule has 1 heterocycles. The van der Waals surface area contributed by atoms with E-state index >= 15 is 0 Å². The Kier molecular flexibility index (Phi) is 7.65. The highest BCUT2D eigenvalue weighted by atomic mass is 32.2. The zero-order valence-electron chi connectivity index (χ0n) is 14.5. The second kappa shape index (κ2) is 9.49. The number of rotatable bonds is 9. The maximum atomic E-state index is 13.7. The Morgan fingerprint density at radius 1 is 1.21 bits per heavy atom. The average molecular weight is 357 g/mol. The van der Waals surface area contributed by atoms with Crippen LogP contribution in [0.1, 0.15) is 44.6 Å². The lowest BCUT2D eigenvalue weighted by Gasteiger charge is -2.34. The average Bonchev–Trinajstić information content (AvgIpc) is 2.59. The molecule has 6 heteroatoms. The molecule has 1 aromatic carbocycles. The van der Waals surface area contributed by atoms with Gasteiger partial charge in [0.05, 0.1) is 5.75 Å². The van der Waals surface area contributed by atoms with Crippen LogP contribution < -0.4 is 5.32 Å². The third-order valence-corrected chi connectivity index (χ3v) is 6.61. The Morgan fingerprint density at radius 2 is 1.92 bits per heavy atom. The minimum Gasteiger partial charge on any atom is -0.317 e. The zero-order chi connectivity index (χ0) is 17.4. The number of nitrogens with one attached hydrogen (secondary N) is 1. The van der Waals surface area contributed by atoms with E-state index in [-0.39, 0.29) is 17.6 Å². The maximum Gasteiger partial charge on any atom is 0.214 e. The molecule has 1 aliphatic heterocycles. The van der Waals surface area contributed by atoms with Gasteiger partial charge >= 0.3 is 0 Å². The Hall–Kier alpha value is -0.980. The predicted molar refractivity (Wildman–Crippen MR) is 96.0 cm³/mol. The second-order valence-corrected chi connectivity index (χ2v) is 8.50. The van der Waals surface area contributed by atoms with Crippen molar-refractivity contribution >= 4 is 10.0 Å². The van der Waals surface area contributed by atoms with Crippen molar-refractivity contribution in [3.05, 3.63) is 35.6 Å². The van der Waals surface area contributed by atoms with Gasteiger partial charge in [-0.25, -0.2) is 12.8 Å². The highest BCUT2D eigenvalue weighted by molar-refractivity contribution is 7.89. The van der Waals surface area contributed by atoms with Crippen LogP contribution in [0, 0.1) is 5.82 Å². The molecule has 1 fully saturated rings. The van der Waals surface area contributed by atoms with Crippen molar-refractivity contribution in [1.82, 2.24) is 9.62 Å². The molecular formula is C18H29FN2O2S. The third-order valence-electron chi connectivity index (χ3n) is 4.61. The van der Waals surface area contributed by atoms with Crippen molar-refractivity contribution in [2.24, 2.45) is 0 Å². The molecule has 24 heavy (non-hydrogen) atoms. The number of hydrogen-bond acceptors (Lipinski definition) is 3. The normalized spacial score (nSPS) is 16.6. The van der Waals surface area contributed by atoms with Gasteiger partial charge in [0.15, 0.2) is 0 Å². The molecule has 1 aliphatic rings.